The molecule has 0 saturated carbocycles. The van der Waals surface area contributed by atoms with Gasteiger partial charge in [-0.05, 0) is 69.4 Å². The standard InChI is InChI=1S/C23H32N4O2S/c1-5-27(6-2)17-14-12-16(13-15-17)21(28)24-23-20(22(29)25-26(3)4)18-10-8-7-9-11-19(18)30-23/h12-15H,5-11H2,1-4H3,(H,24,28)(H,25,29). The second kappa shape index (κ2) is 10.1. The first-order valence-electron chi connectivity index (χ1n) is 10.7. The Hall–Kier alpha value is -2.38. The van der Waals surface area contributed by atoms with Gasteiger partial charge in [-0.1, -0.05) is 6.42 Å². The average Bonchev–Trinajstić information content (AvgIpc) is 2.89. The summed E-state index contributed by atoms with van der Waals surface area (Å²) in [5, 5.41) is 5.31. The van der Waals surface area contributed by atoms with E-state index in [1.807, 2.05) is 24.3 Å². The lowest BCUT2D eigenvalue weighted by atomic mass is 10.0. The normalized spacial score (nSPS) is 13.5. The Labute approximate surface area is 183 Å². The first-order valence-corrected chi connectivity index (χ1v) is 11.5. The highest BCUT2D eigenvalue weighted by atomic mass is 32.1. The molecule has 0 fully saturated rings. The molecule has 0 aliphatic heterocycles. The van der Waals surface area contributed by atoms with E-state index in [0.29, 0.717) is 16.1 Å². The monoisotopic (exact) mass is 428 g/mol. The number of rotatable bonds is 7. The summed E-state index contributed by atoms with van der Waals surface area (Å²) in [5.74, 6) is -0.344. The molecule has 162 valence electrons. The van der Waals surface area contributed by atoms with E-state index in [1.54, 1.807) is 30.4 Å². The van der Waals surface area contributed by atoms with Crippen molar-refractivity contribution >= 4 is 33.8 Å². The van der Waals surface area contributed by atoms with Crippen LogP contribution >= 0.6 is 11.3 Å². The fourth-order valence-corrected chi connectivity index (χ4v) is 5.20. The van der Waals surface area contributed by atoms with Crippen molar-refractivity contribution in [2.45, 2.75) is 46.0 Å². The molecule has 1 aliphatic rings. The second-order valence-corrected chi connectivity index (χ2v) is 8.88. The fourth-order valence-electron chi connectivity index (χ4n) is 3.92. The number of amides is 2. The van der Waals surface area contributed by atoms with E-state index >= 15 is 0 Å². The fraction of sp³-hybridized carbons (Fsp3) is 0.478. The zero-order valence-corrected chi connectivity index (χ0v) is 19.2. The van der Waals surface area contributed by atoms with Crippen LogP contribution in [0.15, 0.2) is 24.3 Å². The Morgan fingerprint density at radius 1 is 0.967 bits per heavy atom. The number of fused-ring (bicyclic) bond motifs is 1. The predicted molar refractivity (Wildman–Crippen MR) is 125 cm³/mol. The molecular formula is C23H32N4O2S. The first kappa shape index (κ1) is 22.3. The summed E-state index contributed by atoms with van der Waals surface area (Å²) in [5.41, 5.74) is 6.26. The molecule has 6 nitrogen and oxygen atoms in total. The number of thiophene rings is 1. The largest absolute Gasteiger partial charge is 0.372 e. The van der Waals surface area contributed by atoms with Gasteiger partial charge in [0.2, 0.25) is 0 Å². The minimum absolute atomic E-state index is 0.161. The molecule has 30 heavy (non-hydrogen) atoms. The highest BCUT2D eigenvalue weighted by Crippen LogP contribution is 2.37. The number of hydrogen-bond acceptors (Lipinski definition) is 5. The lowest BCUT2D eigenvalue weighted by Gasteiger charge is -2.21. The second-order valence-electron chi connectivity index (χ2n) is 7.78. The number of nitrogens with zero attached hydrogens (tertiary/aromatic N) is 2. The molecule has 1 heterocycles. The van der Waals surface area contributed by atoms with Gasteiger partial charge in [0, 0.05) is 43.3 Å². The third-order valence-electron chi connectivity index (χ3n) is 5.46. The quantitative estimate of drug-likeness (QED) is 0.509. The minimum Gasteiger partial charge on any atom is -0.372 e. The summed E-state index contributed by atoms with van der Waals surface area (Å²) < 4.78 is 0. The molecule has 0 unspecified atom stereocenters. The number of hydrazine groups is 1. The zero-order valence-electron chi connectivity index (χ0n) is 18.4. The molecule has 3 rings (SSSR count). The maximum atomic E-state index is 13.0. The van der Waals surface area contributed by atoms with Crippen LogP contribution in [-0.4, -0.2) is 44.0 Å². The van der Waals surface area contributed by atoms with Crippen molar-refractivity contribution in [3.8, 4) is 0 Å². The van der Waals surface area contributed by atoms with Crippen molar-refractivity contribution < 1.29 is 9.59 Å². The van der Waals surface area contributed by atoms with E-state index < -0.39 is 0 Å². The summed E-state index contributed by atoms with van der Waals surface area (Å²) >= 11 is 1.55. The van der Waals surface area contributed by atoms with Gasteiger partial charge in [-0.15, -0.1) is 11.3 Å². The molecule has 1 aromatic carbocycles. The number of hydrogen-bond donors (Lipinski definition) is 2. The number of aryl methyl sites for hydroxylation is 1. The number of anilines is 2. The smallest absolute Gasteiger partial charge is 0.268 e. The summed E-state index contributed by atoms with van der Waals surface area (Å²) in [6, 6.07) is 7.65. The molecule has 0 atom stereocenters. The Morgan fingerprint density at radius 2 is 1.63 bits per heavy atom. The lowest BCUT2D eigenvalue weighted by Crippen LogP contribution is -2.36. The van der Waals surface area contributed by atoms with Gasteiger partial charge in [-0.3, -0.25) is 15.0 Å². The molecule has 7 heteroatoms. The van der Waals surface area contributed by atoms with Crippen molar-refractivity contribution in [1.82, 2.24) is 10.4 Å². The van der Waals surface area contributed by atoms with Gasteiger partial charge in [0.15, 0.2) is 0 Å². The van der Waals surface area contributed by atoms with Crippen LogP contribution in [0.3, 0.4) is 0 Å². The van der Waals surface area contributed by atoms with Crippen LogP contribution in [0.1, 0.15) is 64.3 Å². The van der Waals surface area contributed by atoms with Gasteiger partial charge in [-0.2, -0.15) is 0 Å². The Balaban J connectivity index is 1.86. The third kappa shape index (κ3) is 5.02. The third-order valence-corrected chi connectivity index (χ3v) is 6.67. The van der Waals surface area contributed by atoms with E-state index in [2.05, 4.69) is 29.5 Å². The van der Waals surface area contributed by atoms with Gasteiger partial charge in [-0.25, -0.2) is 5.01 Å². The zero-order chi connectivity index (χ0) is 21.7. The number of carbonyl (C=O) groups excluding carboxylic acids is 2. The topological polar surface area (TPSA) is 64.7 Å². The van der Waals surface area contributed by atoms with Crippen molar-refractivity contribution in [2.24, 2.45) is 0 Å². The number of benzene rings is 1. The van der Waals surface area contributed by atoms with Crippen LogP contribution in [0.4, 0.5) is 10.7 Å². The molecule has 0 bridgehead atoms. The van der Waals surface area contributed by atoms with Crippen LogP contribution < -0.4 is 15.6 Å². The highest BCUT2D eigenvalue weighted by Gasteiger charge is 2.26. The van der Waals surface area contributed by atoms with Gasteiger partial charge in [0.1, 0.15) is 5.00 Å². The minimum atomic E-state index is -0.184. The molecule has 0 radical (unpaired) electrons. The molecular weight excluding hydrogens is 396 g/mol. The Kier molecular flexibility index (Phi) is 7.50. The molecule has 0 spiro atoms. The summed E-state index contributed by atoms with van der Waals surface area (Å²) in [6.07, 6.45) is 5.23. The van der Waals surface area contributed by atoms with Gasteiger partial charge in [0.25, 0.3) is 11.8 Å². The maximum Gasteiger partial charge on any atom is 0.268 e. The van der Waals surface area contributed by atoms with E-state index in [1.165, 1.54) is 11.3 Å². The molecule has 0 saturated heterocycles. The SMILES string of the molecule is CCN(CC)c1ccc(C(=O)Nc2sc3c(c2C(=O)NN(C)C)CCCCC3)cc1. The number of nitrogens with one attached hydrogen (secondary N) is 2. The maximum absolute atomic E-state index is 13.0. The molecule has 2 N–H and O–H groups in total. The first-order chi connectivity index (χ1) is 14.4. The lowest BCUT2D eigenvalue weighted by molar-refractivity contribution is 0.0857. The van der Waals surface area contributed by atoms with Gasteiger partial charge < -0.3 is 10.2 Å². The average molecular weight is 429 g/mol. The van der Waals surface area contributed by atoms with Crippen molar-refractivity contribution in [1.29, 1.82) is 0 Å². The molecule has 2 aromatic rings. The van der Waals surface area contributed by atoms with E-state index in [0.717, 1.165) is 50.0 Å². The van der Waals surface area contributed by atoms with Gasteiger partial charge >= 0.3 is 0 Å². The van der Waals surface area contributed by atoms with Crippen molar-refractivity contribution in [3.05, 3.63) is 45.8 Å². The molecule has 1 aromatic heterocycles. The highest BCUT2D eigenvalue weighted by molar-refractivity contribution is 7.17. The Bertz CT molecular complexity index is 885. The summed E-state index contributed by atoms with van der Waals surface area (Å²) in [4.78, 5) is 29.3. The van der Waals surface area contributed by atoms with Crippen molar-refractivity contribution in [3.63, 3.8) is 0 Å². The van der Waals surface area contributed by atoms with Gasteiger partial charge in [0.05, 0.1) is 5.56 Å². The predicted octanol–water partition coefficient (Wildman–Crippen LogP) is 4.32. The van der Waals surface area contributed by atoms with Crippen LogP contribution in [0.2, 0.25) is 0 Å². The number of carbonyl (C=O) groups is 2. The van der Waals surface area contributed by atoms with Crippen LogP contribution in [0.25, 0.3) is 0 Å². The van der Waals surface area contributed by atoms with Crippen molar-refractivity contribution in [2.75, 3.05) is 37.4 Å². The van der Waals surface area contributed by atoms with E-state index in [9.17, 15) is 9.59 Å². The Morgan fingerprint density at radius 3 is 2.27 bits per heavy atom. The van der Waals surface area contributed by atoms with Crippen LogP contribution in [0.5, 0.6) is 0 Å². The van der Waals surface area contributed by atoms with Crippen LogP contribution in [0, 0.1) is 0 Å². The summed E-state index contributed by atoms with van der Waals surface area (Å²) in [6.45, 7) is 6.08. The molecule has 1 aliphatic carbocycles. The van der Waals surface area contributed by atoms with Crippen LogP contribution in [-0.2, 0) is 12.8 Å². The molecule has 2 amide bonds. The van der Waals surface area contributed by atoms with E-state index in [-0.39, 0.29) is 11.8 Å². The van der Waals surface area contributed by atoms with E-state index in [4.69, 9.17) is 0 Å². The summed E-state index contributed by atoms with van der Waals surface area (Å²) in [7, 11) is 3.58.